The Hall–Kier alpha value is -2.35. The second-order valence-electron chi connectivity index (χ2n) is 4.41. The van der Waals surface area contributed by atoms with E-state index in [-0.39, 0.29) is 0 Å². The lowest BCUT2D eigenvalue weighted by atomic mass is 10.0. The van der Waals surface area contributed by atoms with Crippen molar-refractivity contribution < 1.29 is 0 Å². The first-order valence-corrected chi connectivity index (χ1v) is 5.97. The van der Waals surface area contributed by atoms with E-state index in [1.807, 2.05) is 55.5 Å². The topological polar surface area (TPSA) is 38.9 Å². The van der Waals surface area contributed by atoms with Crippen LogP contribution >= 0.6 is 0 Å². The average Bonchev–Trinajstić information content (AvgIpc) is 2.39. The molecule has 3 rings (SSSR count). The average molecular weight is 234 g/mol. The molecule has 2 heteroatoms. The van der Waals surface area contributed by atoms with Gasteiger partial charge in [-0.05, 0) is 30.5 Å². The number of nitrogens with two attached hydrogens (primary N) is 1. The van der Waals surface area contributed by atoms with Crippen molar-refractivity contribution in [3.63, 3.8) is 0 Å². The molecule has 0 bridgehead atoms. The van der Waals surface area contributed by atoms with Crippen LogP contribution in [-0.4, -0.2) is 4.98 Å². The molecule has 0 unspecified atom stereocenters. The van der Waals surface area contributed by atoms with Gasteiger partial charge in [0.25, 0.3) is 0 Å². The van der Waals surface area contributed by atoms with Crippen molar-refractivity contribution in [1.82, 2.24) is 4.98 Å². The molecule has 0 aliphatic carbocycles. The molecule has 18 heavy (non-hydrogen) atoms. The molecule has 3 aromatic rings. The predicted molar refractivity (Wildman–Crippen MR) is 76.3 cm³/mol. The first-order valence-electron chi connectivity index (χ1n) is 5.97. The second kappa shape index (κ2) is 4.15. The van der Waals surface area contributed by atoms with Crippen LogP contribution in [0.1, 0.15) is 5.69 Å². The number of aromatic nitrogens is 1. The summed E-state index contributed by atoms with van der Waals surface area (Å²) in [6, 6.07) is 18.2. The molecule has 0 amide bonds. The summed E-state index contributed by atoms with van der Waals surface area (Å²) in [7, 11) is 0. The number of pyridine rings is 1. The second-order valence-corrected chi connectivity index (χ2v) is 4.41. The van der Waals surface area contributed by atoms with Gasteiger partial charge < -0.3 is 5.73 Å². The number of hydrogen-bond acceptors (Lipinski definition) is 2. The molecule has 2 N–H and O–H groups in total. The van der Waals surface area contributed by atoms with Crippen molar-refractivity contribution in [2.45, 2.75) is 6.92 Å². The van der Waals surface area contributed by atoms with E-state index >= 15 is 0 Å². The van der Waals surface area contributed by atoms with Gasteiger partial charge in [0.1, 0.15) is 0 Å². The van der Waals surface area contributed by atoms with E-state index in [4.69, 9.17) is 5.73 Å². The lowest BCUT2D eigenvalue weighted by molar-refractivity contribution is 1.21. The Labute approximate surface area is 106 Å². The van der Waals surface area contributed by atoms with E-state index in [1.54, 1.807) is 0 Å². The van der Waals surface area contributed by atoms with Gasteiger partial charge in [0.15, 0.2) is 0 Å². The maximum atomic E-state index is 6.01. The van der Waals surface area contributed by atoms with Crippen molar-refractivity contribution >= 4 is 16.5 Å². The van der Waals surface area contributed by atoms with Crippen LogP contribution in [-0.2, 0) is 0 Å². The molecule has 0 aliphatic rings. The van der Waals surface area contributed by atoms with E-state index < -0.39 is 0 Å². The molecule has 0 saturated heterocycles. The van der Waals surface area contributed by atoms with Crippen LogP contribution in [0.25, 0.3) is 22.0 Å². The van der Waals surface area contributed by atoms with Gasteiger partial charge in [0.2, 0.25) is 0 Å². The summed E-state index contributed by atoms with van der Waals surface area (Å²) in [6.45, 7) is 2.00. The number of fused-ring (bicyclic) bond motifs is 1. The summed E-state index contributed by atoms with van der Waals surface area (Å²) in [5, 5.41) is 2.23. The van der Waals surface area contributed by atoms with Gasteiger partial charge in [-0.1, -0.05) is 36.4 Å². The quantitative estimate of drug-likeness (QED) is 0.650. The lowest BCUT2D eigenvalue weighted by Crippen LogP contribution is -1.91. The molecule has 0 saturated carbocycles. The molecular formula is C16H14N2. The third-order valence-corrected chi connectivity index (χ3v) is 3.12. The van der Waals surface area contributed by atoms with Crippen molar-refractivity contribution in [3.05, 3.63) is 60.3 Å². The molecule has 2 aromatic carbocycles. The maximum absolute atomic E-state index is 6.01. The Morgan fingerprint density at radius 2 is 1.61 bits per heavy atom. The largest absolute Gasteiger partial charge is 0.398 e. The first-order chi connectivity index (χ1) is 8.75. The van der Waals surface area contributed by atoms with Gasteiger partial charge in [-0.25, -0.2) is 0 Å². The van der Waals surface area contributed by atoms with E-state index in [1.165, 1.54) is 0 Å². The third kappa shape index (κ3) is 1.72. The normalized spacial score (nSPS) is 10.7. The summed E-state index contributed by atoms with van der Waals surface area (Å²) in [5.41, 5.74) is 9.96. The molecule has 2 nitrogen and oxygen atoms in total. The van der Waals surface area contributed by atoms with Crippen LogP contribution in [0.5, 0.6) is 0 Å². The highest BCUT2D eigenvalue weighted by Crippen LogP contribution is 2.30. The summed E-state index contributed by atoms with van der Waals surface area (Å²) >= 11 is 0. The SMILES string of the molecule is Cc1cccc(-c2ccc(N)c3ccccc23)n1. The van der Waals surface area contributed by atoms with E-state index in [2.05, 4.69) is 11.1 Å². The minimum absolute atomic E-state index is 0.807. The summed E-state index contributed by atoms with van der Waals surface area (Å²) in [4.78, 5) is 4.58. The Bertz CT molecular complexity index is 717. The molecule has 0 spiro atoms. The highest BCUT2D eigenvalue weighted by atomic mass is 14.7. The zero-order chi connectivity index (χ0) is 12.5. The minimum Gasteiger partial charge on any atom is -0.398 e. The molecule has 1 aromatic heterocycles. The number of benzene rings is 2. The van der Waals surface area contributed by atoms with Crippen LogP contribution in [0.15, 0.2) is 54.6 Å². The van der Waals surface area contributed by atoms with Crippen LogP contribution in [0.3, 0.4) is 0 Å². The van der Waals surface area contributed by atoms with Crippen molar-refractivity contribution in [1.29, 1.82) is 0 Å². The first kappa shape index (κ1) is 10.8. The number of hydrogen-bond donors (Lipinski definition) is 1. The van der Waals surface area contributed by atoms with Crippen molar-refractivity contribution in [2.24, 2.45) is 0 Å². The zero-order valence-electron chi connectivity index (χ0n) is 10.2. The van der Waals surface area contributed by atoms with Gasteiger partial charge in [-0.2, -0.15) is 0 Å². The highest BCUT2D eigenvalue weighted by Gasteiger charge is 2.06. The fraction of sp³-hybridized carbons (Fsp3) is 0.0625. The van der Waals surface area contributed by atoms with Crippen LogP contribution in [0.4, 0.5) is 5.69 Å². The summed E-state index contributed by atoms with van der Waals surface area (Å²) < 4.78 is 0. The molecule has 0 atom stereocenters. The molecule has 88 valence electrons. The third-order valence-electron chi connectivity index (χ3n) is 3.12. The van der Waals surface area contributed by atoms with Gasteiger partial charge in [-0.3, -0.25) is 4.98 Å². The smallest absolute Gasteiger partial charge is 0.0711 e. The zero-order valence-corrected chi connectivity index (χ0v) is 10.2. The molecule has 1 heterocycles. The fourth-order valence-electron chi connectivity index (χ4n) is 2.24. The van der Waals surface area contributed by atoms with Crippen molar-refractivity contribution in [3.8, 4) is 11.3 Å². The Morgan fingerprint density at radius 1 is 0.833 bits per heavy atom. The number of nitrogens with zero attached hydrogens (tertiary/aromatic N) is 1. The highest BCUT2D eigenvalue weighted by molar-refractivity contribution is 6.02. The van der Waals surface area contributed by atoms with Crippen LogP contribution in [0, 0.1) is 6.92 Å². The van der Waals surface area contributed by atoms with Gasteiger partial charge in [0, 0.05) is 22.3 Å². The molecular weight excluding hydrogens is 220 g/mol. The Kier molecular flexibility index (Phi) is 2.49. The molecule has 0 aliphatic heterocycles. The van der Waals surface area contributed by atoms with E-state index in [9.17, 15) is 0 Å². The fourth-order valence-corrected chi connectivity index (χ4v) is 2.24. The molecule has 0 radical (unpaired) electrons. The Balaban J connectivity index is 2.33. The summed E-state index contributed by atoms with van der Waals surface area (Å²) in [5.74, 6) is 0. The minimum atomic E-state index is 0.807. The van der Waals surface area contributed by atoms with Crippen molar-refractivity contribution in [2.75, 3.05) is 5.73 Å². The number of rotatable bonds is 1. The van der Waals surface area contributed by atoms with Gasteiger partial charge in [-0.15, -0.1) is 0 Å². The van der Waals surface area contributed by atoms with Gasteiger partial charge in [0.05, 0.1) is 5.69 Å². The number of anilines is 1. The Morgan fingerprint density at radius 3 is 2.39 bits per heavy atom. The summed E-state index contributed by atoms with van der Waals surface area (Å²) in [6.07, 6.45) is 0. The predicted octanol–water partition coefficient (Wildman–Crippen LogP) is 3.79. The number of nitrogen functional groups attached to an aromatic ring is 1. The van der Waals surface area contributed by atoms with E-state index in [0.29, 0.717) is 0 Å². The van der Waals surface area contributed by atoms with Crippen LogP contribution in [0.2, 0.25) is 0 Å². The lowest BCUT2D eigenvalue weighted by Gasteiger charge is -2.08. The van der Waals surface area contributed by atoms with E-state index in [0.717, 1.165) is 33.4 Å². The standard InChI is InChI=1S/C16H14N2/c1-11-5-4-8-16(18-11)14-9-10-15(17)13-7-3-2-6-12(13)14/h2-10H,17H2,1H3. The van der Waals surface area contributed by atoms with Gasteiger partial charge >= 0.3 is 0 Å². The monoisotopic (exact) mass is 234 g/mol. The van der Waals surface area contributed by atoms with Crippen LogP contribution < -0.4 is 5.73 Å². The maximum Gasteiger partial charge on any atom is 0.0711 e. The number of aryl methyl sites for hydroxylation is 1. The molecule has 0 fully saturated rings.